The van der Waals surface area contributed by atoms with E-state index in [2.05, 4.69) is 0 Å². The van der Waals surface area contributed by atoms with Crippen LogP contribution in [0.4, 0.5) is 10.1 Å². The summed E-state index contributed by atoms with van der Waals surface area (Å²) in [6.07, 6.45) is -0.407. The van der Waals surface area contributed by atoms with Crippen LogP contribution in [0.3, 0.4) is 0 Å². The van der Waals surface area contributed by atoms with Crippen molar-refractivity contribution in [1.29, 1.82) is 0 Å². The van der Waals surface area contributed by atoms with Gasteiger partial charge in [0, 0.05) is 12.0 Å². The third-order valence-corrected chi connectivity index (χ3v) is 3.90. The van der Waals surface area contributed by atoms with Crippen LogP contribution < -0.4 is 0 Å². The summed E-state index contributed by atoms with van der Waals surface area (Å²) in [5.74, 6) is -5.64. The molecule has 0 aliphatic heterocycles. The Hall–Kier alpha value is -2.51. The molecule has 7 nitrogen and oxygen atoms in total. The predicted octanol–water partition coefficient (Wildman–Crippen LogP) is 2.79. The Morgan fingerprint density at radius 1 is 1.32 bits per heavy atom. The summed E-state index contributed by atoms with van der Waals surface area (Å²) in [6.45, 7) is 2.81. The molecule has 1 atom stereocenters. The third-order valence-electron chi connectivity index (χ3n) is 3.90. The van der Waals surface area contributed by atoms with Crippen molar-refractivity contribution in [3.8, 4) is 0 Å². The molecule has 8 heteroatoms. The van der Waals surface area contributed by atoms with Crippen LogP contribution in [0.1, 0.15) is 38.2 Å². The Balaban J connectivity index is 3.72. The van der Waals surface area contributed by atoms with Gasteiger partial charge in [0.2, 0.25) is 0 Å². The van der Waals surface area contributed by atoms with Gasteiger partial charge >= 0.3 is 11.9 Å². The van der Waals surface area contributed by atoms with Gasteiger partial charge < -0.3 is 10.2 Å². The van der Waals surface area contributed by atoms with Crippen LogP contribution in [0.2, 0.25) is 0 Å². The Morgan fingerprint density at radius 2 is 1.86 bits per heavy atom. The minimum absolute atomic E-state index is 0.0752. The molecule has 0 saturated carbocycles. The number of nitro benzene ring substituents is 1. The number of hydrogen-bond acceptors (Lipinski definition) is 4. The molecule has 120 valence electrons. The Morgan fingerprint density at radius 3 is 2.23 bits per heavy atom. The van der Waals surface area contributed by atoms with Gasteiger partial charge in [0.15, 0.2) is 5.41 Å². The summed E-state index contributed by atoms with van der Waals surface area (Å²) in [6, 6.07) is 3.11. The Labute approximate surface area is 125 Å². The highest BCUT2D eigenvalue weighted by Gasteiger charge is 2.53. The van der Waals surface area contributed by atoms with Crippen LogP contribution in [0.15, 0.2) is 18.2 Å². The van der Waals surface area contributed by atoms with Crippen molar-refractivity contribution in [1.82, 2.24) is 0 Å². The number of hydrogen-bond donors (Lipinski definition) is 2. The van der Waals surface area contributed by atoms with E-state index in [0.29, 0.717) is 0 Å². The summed E-state index contributed by atoms with van der Waals surface area (Å²) >= 11 is 0. The van der Waals surface area contributed by atoms with E-state index in [1.807, 2.05) is 0 Å². The highest BCUT2D eigenvalue weighted by molar-refractivity contribution is 5.99. The van der Waals surface area contributed by atoms with Crippen molar-refractivity contribution in [2.24, 2.45) is 5.41 Å². The average Bonchev–Trinajstić information content (AvgIpc) is 2.44. The monoisotopic (exact) mass is 313 g/mol. The lowest BCUT2D eigenvalue weighted by Gasteiger charge is -2.32. The lowest BCUT2D eigenvalue weighted by atomic mass is 9.68. The normalized spacial score (nSPS) is 12.7. The lowest BCUT2D eigenvalue weighted by molar-refractivity contribution is -0.386. The summed E-state index contributed by atoms with van der Waals surface area (Å²) in [4.78, 5) is 33.4. The van der Waals surface area contributed by atoms with Gasteiger partial charge in [-0.3, -0.25) is 19.7 Å². The molecular weight excluding hydrogens is 297 g/mol. The van der Waals surface area contributed by atoms with Gasteiger partial charge in [-0.2, -0.15) is 0 Å². The molecule has 0 fully saturated rings. The number of rotatable bonds is 7. The number of nitro groups is 1. The summed E-state index contributed by atoms with van der Waals surface area (Å²) in [5.41, 5.74) is -3.43. The molecule has 1 aromatic carbocycles. The fourth-order valence-electron chi connectivity index (χ4n) is 2.77. The fraction of sp³-hybridized carbons (Fsp3) is 0.429. The molecule has 1 aromatic rings. The molecule has 0 amide bonds. The van der Waals surface area contributed by atoms with Crippen molar-refractivity contribution in [3.63, 3.8) is 0 Å². The zero-order valence-corrected chi connectivity index (χ0v) is 12.1. The van der Waals surface area contributed by atoms with Crippen molar-refractivity contribution >= 4 is 17.6 Å². The van der Waals surface area contributed by atoms with E-state index in [9.17, 15) is 34.3 Å². The second-order valence-electron chi connectivity index (χ2n) is 4.83. The Bertz CT molecular complexity index is 601. The number of halogens is 1. The lowest BCUT2D eigenvalue weighted by Crippen LogP contribution is -2.44. The summed E-state index contributed by atoms with van der Waals surface area (Å²) < 4.78 is 14.2. The fourth-order valence-corrected chi connectivity index (χ4v) is 2.77. The van der Waals surface area contributed by atoms with E-state index in [1.54, 1.807) is 0 Å². The first kappa shape index (κ1) is 17.5. The highest BCUT2D eigenvalue weighted by Crippen LogP contribution is 2.46. The minimum atomic E-state index is -2.33. The molecule has 1 rings (SSSR count). The van der Waals surface area contributed by atoms with E-state index < -0.39 is 45.3 Å². The maximum Gasteiger partial charge on any atom is 0.321 e. The number of benzene rings is 1. The second-order valence-corrected chi connectivity index (χ2v) is 4.83. The first-order chi connectivity index (χ1) is 10.2. The summed E-state index contributed by atoms with van der Waals surface area (Å²) in [7, 11) is 0. The van der Waals surface area contributed by atoms with E-state index in [4.69, 9.17) is 0 Å². The van der Waals surface area contributed by atoms with E-state index in [-0.39, 0.29) is 12.8 Å². The molecule has 0 aromatic heterocycles. The maximum atomic E-state index is 14.2. The highest BCUT2D eigenvalue weighted by atomic mass is 19.1. The van der Waals surface area contributed by atoms with Gasteiger partial charge in [-0.25, -0.2) is 4.39 Å². The molecule has 0 radical (unpaired) electrons. The van der Waals surface area contributed by atoms with Crippen LogP contribution >= 0.6 is 0 Å². The van der Waals surface area contributed by atoms with Crippen LogP contribution in [0, 0.1) is 21.3 Å². The number of aliphatic carboxylic acids is 2. The van der Waals surface area contributed by atoms with Gasteiger partial charge in [-0.05, 0) is 18.9 Å². The SMILES string of the molecule is CCC(c1c(F)cccc1[N+](=O)[O-])C(CC)(C(=O)O)C(=O)O. The van der Waals surface area contributed by atoms with Gasteiger partial charge in [0.1, 0.15) is 5.82 Å². The van der Waals surface area contributed by atoms with Gasteiger partial charge in [0.25, 0.3) is 5.69 Å². The number of carboxylic acids is 2. The van der Waals surface area contributed by atoms with Gasteiger partial charge in [-0.15, -0.1) is 0 Å². The first-order valence-corrected chi connectivity index (χ1v) is 6.63. The molecular formula is C14H16FNO6. The van der Waals surface area contributed by atoms with Crippen molar-refractivity contribution < 1.29 is 29.1 Å². The van der Waals surface area contributed by atoms with Crippen LogP contribution in [-0.2, 0) is 9.59 Å². The molecule has 0 aliphatic rings. The van der Waals surface area contributed by atoms with Crippen molar-refractivity contribution in [2.75, 3.05) is 0 Å². The standard InChI is InChI=1S/C14H16FNO6/c1-3-8(14(4-2,12(17)18)13(19)20)11-9(15)6-5-7-10(11)16(21)22/h5-8H,3-4H2,1-2H3,(H,17,18)(H,19,20). The van der Waals surface area contributed by atoms with Crippen LogP contribution in [0.5, 0.6) is 0 Å². The molecule has 0 bridgehead atoms. The van der Waals surface area contributed by atoms with Crippen LogP contribution in [0.25, 0.3) is 0 Å². The molecule has 1 unspecified atom stereocenters. The zero-order valence-electron chi connectivity index (χ0n) is 12.1. The molecule has 0 saturated heterocycles. The van der Waals surface area contributed by atoms with Gasteiger partial charge in [-0.1, -0.05) is 19.9 Å². The smallest absolute Gasteiger partial charge is 0.321 e. The number of carboxylic acid groups (broad SMARTS) is 2. The Kier molecular flexibility index (Phi) is 5.19. The maximum absolute atomic E-state index is 14.2. The molecule has 22 heavy (non-hydrogen) atoms. The predicted molar refractivity (Wildman–Crippen MR) is 74.1 cm³/mol. The molecule has 0 spiro atoms. The number of nitrogens with zero attached hydrogens (tertiary/aromatic N) is 1. The number of carbonyl (C=O) groups is 2. The summed E-state index contributed by atoms with van der Waals surface area (Å²) in [5, 5.41) is 29.9. The van der Waals surface area contributed by atoms with E-state index in [0.717, 1.165) is 18.2 Å². The van der Waals surface area contributed by atoms with Crippen LogP contribution in [-0.4, -0.2) is 27.1 Å². The van der Waals surface area contributed by atoms with E-state index >= 15 is 0 Å². The topological polar surface area (TPSA) is 118 Å². The average molecular weight is 313 g/mol. The third kappa shape index (κ3) is 2.63. The van der Waals surface area contributed by atoms with Crippen molar-refractivity contribution in [2.45, 2.75) is 32.6 Å². The second kappa shape index (κ2) is 6.50. The molecule has 0 aliphatic carbocycles. The van der Waals surface area contributed by atoms with E-state index in [1.165, 1.54) is 13.8 Å². The first-order valence-electron chi connectivity index (χ1n) is 6.63. The zero-order chi connectivity index (χ0) is 17.1. The molecule has 2 N–H and O–H groups in total. The minimum Gasteiger partial charge on any atom is -0.480 e. The van der Waals surface area contributed by atoms with Crippen molar-refractivity contribution in [3.05, 3.63) is 39.7 Å². The van der Waals surface area contributed by atoms with Gasteiger partial charge in [0.05, 0.1) is 10.5 Å². The quantitative estimate of drug-likeness (QED) is 0.454. The molecule has 0 heterocycles. The largest absolute Gasteiger partial charge is 0.480 e.